The Morgan fingerprint density at radius 2 is 1.84 bits per heavy atom. The molecular formula is C18H28N2O5. The number of hydrogen-bond donors (Lipinski definition) is 4. The van der Waals surface area contributed by atoms with Gasteiger partial charge in [0.05, 0.1) is 12.3 Å². The molecule has 0 heterocycles. The van der Waals surface area contributed by atoms with E-state index >= 15 is 0 Å². The number of aliphatic carboxylic acids is 1. The van der Waals surface area contributed by atoms with Gasteiger partial charge in [-0.15, -0.1) is 0 Å². The number of unbranched alkanes of at least 4 members (excludes halogenated alkanes) is 1. The molecule has 0 saturated heterocycles. The van der Waals surface area contributed by atoms with Gasteiger partial charge in [0.15, 0.2) is 0 Å². The van der Waals surface area contributed by atoms with Gasteiger partial charge in [-0.2, -0.15) is 0 Å². The molecule has 140 valence electrons. The molecule has 0 aromatic carbocycles. The van der Waals surface area contributed by atoms with Crippen molar-refractivity contribution in [2.45, 2.75) is 52.5 Å². The minimum absolute atomic E-state index is 0.00704. The molecule has 0 saturated carbocycles. The van der Waals surface area contributed by atoms with Crippen molar-refractivity contribution in [3.8, 4) is 0 Å². The highest BCUT2D eigenvalue weighted by Crippen LogP contribution is 2.10. The van der Waals surface area contributed by atoms with E-state index in [-0.39, 0.29) is 24.6 Å². The van der Waals surface area contributed by atoms with Gasteiger partial charge in [-0.05, 0) is 31.9 Å². The van der Waals surface area contributed by atoms with Crippen molar-refractivity contribution >= 4 is 17.8 Å². The third kappa shape index (κ3) is 11.6. The molecule has 7 nitrogen and oxygen atoms in total. The van der Waals surface area contributed by atoms with Crippen LogP contribution in [-0.2, 0) is 14.4 Å². The second kappa shape index (κ2) is 12.8. The maximum Gasteiger partial charge on any atom is 0.326 e. The molecule has 2 amide bonds. The van der Waals surface area contributed by atoms with Gasteiger partial charge in [-0.3, -0.25) is 9.59 Å². The summed E-state index contributed by atoms with van der Waals surface area (Å²) in [6.45, 7) is 4.97. The van der Waals surface area contributed by atoms with E-state index in [9.17, 15) is 24.6 Å². The number of aliphatic hydroxyl groups is 1. The summed E-state index contributed by atoms with van der Waals surface area (Å²) in [5.41, 5.74) is 0.554. The van der Waals surface area contributed by atoms with Gasteiger partial charge in [-0.1, -0.05) is 31.6 Å². The summed E-state index contributed by atoms with van der Waals surface area (Å²) in [6.07, 6.45) is 8.53. The number of nitrogens with one attached hydrogen (secondary N) is 2. The lowest BCUT2D eigenvalue weighted by Crippen LogP contribution is -2.45. The number of hydrogen-bond acceptors (Lipinski definition) is 4. The second-order valence-electron chi connectivity index (χ2n) is 5.60. The van der Waals surface area contributed by atoms with E-state index in [1.54, 1.807) is 25.2 Å². The predicted molar refractivity (Wildman–Crippen MR) is 96.0 cm³/mol. The summed E-state index contributed by atoms with van der Waals surface area (Å²) in [7, 11) is 0. The van der Waals surface area contributed by atoms with Crippen LogP contribution in [0.5, 0.6) is 0 Å². The lowest BCUT2D eigenvalue weighted by Gasteiger charge is -2.15. The first kappa shape index (κ1) is 22.4. The molecule has 0 aliphatic carbocycles. The monoisotopic (exact) mass is 352 g/mol. The molecule has 4 N–H and O–H groups in total. The second-order valence-corrected chi connectivity index (χ2v) is 5.60. The van der Waals surface area contributed by atoms with E-state index in [1.807, 2.05) is 6.92 Å². The fourth-order valence-corrected chi connectivity index (χ4v) is 1.95. The number of aliphatic hydroxyl groups excluding tert-OH is 1. The van der Waals surface area contributed by atoms with Crippen LogP contribution in [0.2, 0.25) is 0 Å². The van der Waals surface area contributed by atoms with Crippen LogP contribution >= 0.6 is 0 Å². The molecule has 0 aliphatic heterocycles. The Morgan fingerprint density at radius 1 is 1.16 bits per heavy atom. The normalized spacial score (nSPS) is 13.6. The van der Waals surface area contributed by atoms with Gasteiger partial charge in [0.1, 0.15) is 6.04 Å². The minimum Gasteiger partial charge on any atom is -0.513 e. The topological polar surface area (TPSA) is 116 Å². The Kier molecular flexibility index (Phi) is 11.5. The number of carboxylic acid groups (broad SMARTS) is 1. The van der Waals surface area contributed by atoms with Crippen molar-refractivity contribution in [2.75, 3.05) is 6.54 Å². The lowest BCUT2D eigenvalue weighted by molar-refractivity contribution is -0.141. The summed E-state index contributed by atoms with van der Waals surface area (Å²) < 4.78 is 0. The smallest absolute Gasteiger partial charge is 0.326 e. The summed E-state index contributed by atoms with van der Waals surface area (Å²) in [4.78, 5) is 34.7. The standard InChI is InChI=1S/C18H28N2O5/c1-4-6-8-14(10-13(3)21)11-15(18(24)25)20-17(23)12-19-16(22)9-7-5-2/h4,6,8,10,15,21H,5,7,9,11-12H2,1-3H3,(H,19,22)(H,20,23)(H,24,25)/b6-4-,13-10+,14-8+. The van der Waals surface area contributed by atoms with E-state index in [0.717, 1.165) is 12.8 Å². The fraction of sp³-hybridized carbons (Fsp3) is 0.500. The highest BCUT2D eigenvalue weighted by Gasteiger charge is 2.21. The average Bonchev–Trinajstić information content (AvgIpc) is 2.54. The van der Waals surface area contributed by atoms with Crippen molar-refractivity contribution in [2.24, 2.45) is 0 Å². The van der Waals surface area contributed by atoms with Gasteiger partial charge < -0.3 is 20.8 Å². The predicted octanol–water partition coefficient (Wildman–Crippen LogP) is 2.22. The largest absolute Gasteiger partial charge is 0.513 e. The van der Waals surface area contributed by atoms with Gasteiger partial charge in [-0.25, -0.2) is 4.79 Å². The van der Waals surface area contributed by atoms with Crippen LogP contribution < -0.4 is 10.6 Å². The Morgan fingerprint density at radius 3 is 2.36 bits per heavy atom. The molecule has 1 unspecified atom stereocenters. The van der Waals surface area contributed by atoms with E-state index in [2.05, 4.69) is 10.6 Å². The molecule has 7 heteroatoms. The third-order valence-corrected chi connectivity index (χ3v) is 3.17. The zero-order valence-corrected chi connectivity index (χ0v) is 15.0. The van der Waals surface area contributed by atoms with Crippen molar-refractivity contribution in [1.29, 1.82) is 0 Å². The van der Waals surface area contributed by atoms with Gasteiger partial charge in [0.2, 0.25) is 11.8 Å². The van der Waals surface area contributed by atoms with Crippen LogP contribution in [-0.4, -0.2) is 40.6 Å². The molecule has 0 aromatic heterocycles. The van der Waals surface area contributed by atoms with Gasteiger partial charge >= 0.3 is 5.97 Å². The third-order valence-electron chi connectivity index (χ3n) is 3.17. The van der Waals surface area contributed by atoms with E-state index in [0.29, 0.717) is 12.0 Å². The molecule has 0 bridgehead atoms. The first-order valence-electron chi connectivity index (χ1n) is 8.28. The van der Waals surface area contributed by atoms with Crippen LogP contribution in [0.25, 0.3) is 0 Å². The fourth-order valence-electron chi connectivity index (χ4n) is 1.95. The van der Waals surface area contributed by atoms with Crippen molar-refractivity contribution < 1.29 is 24.6 Å². The SMILES string of the molecule is C\C=C/C=C(\C=C(/C)O)CC(NC(=O)CNC(=O)CCCC)C(=O)O. The summed E-state index contributed by atoms with van der Waals surface area (Å²) in [6, 6.07) is -1.16. The minimum atomic E-state index is -1.19. The maximum absolute atomic E-state index is 11.9. The number of amides is 2. The summed E-state index contributed by atoms with van der Waals surface area (Å²) in [5, 5.41) is 23.5. The number of carboxylic acids is 1. The molecule has 1 atom stereocenters. The highest BCUT2D eigenvalue weighted by atomic mass is 16.4. The van der Waals surface area contributed by atoms with E-state index < -0.39 is 17.9 Å². The molecule has 0 rings (SSSR count). The summed E-state index contributed by atoms with van der Waals surface area (Å²) in [5.74, 6) is -1.97. The highest BCUT2D eigenvalue weighted by molar-refractivity contribution is 5.88. The number of allylic oxidation sites excluding steroid dienone is 5. The molecule has 0 aromatic rings. The molecule has 0 aliphatic rings. The van der Waals surface area contributed by atoms with E-state index in [4.69, 9.17) is 0 Å². The van der Waals surface area contributed by atoms with Crippen LogP contribution in [0.4, 0.5) is 0 Å². The average molecular weight is 352 g/mol. The lowest BCUT2D eigenvalue weighted by atomic mass is 10.0. The first-order valence-corrected chi connectivity index (χ1v) is 8.28. The maximum atomic E-state index is 11.9. The Balaban J connectivity index is 4.78. The molecule has 0 spiro atoms. The van der Waals surface area contributed by atoms with Crippen LogP contribution in [0.3, 0.4) is 0 Å². The van der Waals surface area contributed by atoms with E-state index in [1.165, 1.54) is 13.0 Å². The summed E-state index contributed by atoms with van der Waals surface area (Å²) >= 11 is 0. The zero-order chi connectivity index (χ0) is 19.2. The molecule has 25 heavy (non-hydrogen) atoms. The number of carbonyl (C=O) groups is 3. The number of rotatable bonds is 11. The van der Waals surface area contributed by atoms with Crippen molar-refractivity contribution in [3.63, 3.8) is 0 Å². The quantitative estimate of drug-likeness (QED) is 0.336. The molecule has 0 fully saturated rings. The Hall–Kier alpha value is -2.57. The van der Waals surface area contributed by atoms with Crippen LogP contribution in [0.1, 0.15) is 46.5 Å². The van der Waals surface area contributed by atoms with Gasteiger partial charge in [0.25, 0.3) is 0 Å². The van der Waals surface area contributed by atoms with Crippen LogP contribution in [0.15, 0.2) is 35.6 Å². The van der Waals surface area contributed by atoms with Crippen molar-refractivity contribution in [1.82, 2.24) is 10.6 Å². The van der Waals surface area contributed by atoms with Crippen molar-refractivity contribution in [3.05, 3.63) is 35.6 Å². The Bertz CT molecular complexity index is 546. The zero-order valence-electron chi connectivity index (χ0n) is 15.0. The first-order chi connectivity index (χ1) is 11.8. The van der Waals surface area contributed by atoms with Crippen LogP contribution in [0, 0.1) is 0 Å². The number of carbonyl (C=O) groups excluding carboxylic acids is 2. The molecule has 0 radical (unpaired) electrons. The Labute approximate surface area is 148 Å². The van der Waals surface area contributed by atoms with Gasteiger partial charge in [0, 0.05) is 12.8 Å². The molecular weight excluding hydrogens is 324 g/mol.